The first-order valence-electron chi connectivity index (χ1n) is 7.69. The number of aryl methyl sites for hydroxylation is 2. The fourth-order valence-electron chi connectivity index (χ4n) is 1.87. The van der Waals surface area contributed by atoms with Crippen LogP contribution in [-0.4, -0.2) is 67.1 Å². The minimum atomic E-state index is 0.488. The molecule has 7 heteroatoms. The molecule has 0 atom stereocenters. The Morgan fingerprint density at radius 3 is 1.39 bits per heavy atom. The third-order valence-corrected chi connectivity index (χ3v) is 3.95. The maximum atomic E-state index is 5.82. The molecule has 0 fully saturated rings. The van der Waals surface area contributed by atoms with Crippen molar-refractivity contribution in [1.29, 1.82) is 0 Å². The van der Waals surface area contributed by atoms with Gasteiger partial charge in [0.1, 0.15) is 13.2 Å². The summed E-state index contributed by atoms with van der Waals surface area (Å²) in [5, 5.41) is 0. The molecule has 6 nitrogen and oxygen atoms in total. The van der Waals surface area contributed by atoms with Gasteiger partial charge in [0.25, 0.3) is 0 Å². The van der Waals surface area contributed by atoms with Gasteiger partial charge in [0.05, 0.1) is 39.6 Å². The first-order valence-corrected chi connectivity index (χ1v) is 8.51. The molecule has 1 aromatic heterocycles. The summed E-state index contributed by atoms with van der Waals surface area (Å²) >= 11 is 1.67. The van der Waals surface area contributed by atoms with Crippen molar-refractivity contribution in [2.75, 3.05) is 67.1 Å². The molecule has 0 spiro atoms. The molecule has 0 saturated heterocycles. The van der Waals surface area contributed by atoms with Crippen molar-refractivity contribution < 1.29 is 28.4 Å². The normalized spacial score (nSPS) is 11.0. The number of hydrogen-bond acceptors (Lipinski definition) is 7. The lowest BCUT2D eigenvalue weighted by Crippen LogP contribution is -2.12. The van der Waals surface area contributed by atoms with E-state index in [9.17, 15) is 0 Å². The van der Waals surface area contributed by atoms with Crippen LogP contribution < -0.4 is 9.47 Å². The molecule has 134 valence electrons. The summed E-state index contributed by atoms with van der Waals surface area (Å²) in [5.41, 5.74) is 0. The molecule has 0 bridgehead atoms. The van der Waals surface area contributed by atoms with E-state index in [1.807, 2.05) is 13.8 Å². The number of hydrogen-bond donors (Lipinski definition) is 0. The predicted octanol–water partition coefficient (Wildman–Crippen LogP) is 2.45. The van der Waals surface area contributed by atoms with Crippen molar-refractivity contribution in [2.24, 2.45) is 0 Å². The van der Waals surface area contributed by atoms with Crippen LogP contribution in [-0.2, 0) is 18.9 Å². The fourth-order valence-corrected chi connectivity index (χ4v) is 2.82. The standard InChI is InChI=1S/C16H28O6S/c1-13-15(21-11-9-19-7-5-17-3)16(14(2)23-13)22-12-10-20-8-6-18-4/h5-12H2,1-4H3. The van der Waals surface area contributed by atoms with Crippen molar-refractivity contribution in [1.82, 2.24) is 0 Å². The van der Waals surface area contributed by atoms with Crippen LogP contribution in [0.1, 0.15) is 9.75 Å². The molecule has 0 radical (unpaired) electrons. The highest BCUT2D eigenvalue weighted by Gasteiger charge is 2.16. The maximum absolute atomic E-state index is 5.82. The number of ether oxygens (including phenoxy) is 6. The monoisotopic (exact) mass is 348 g/mol. The second-order valence-corrected chi connectivity index (χ2v) is 6.21. The molecule has 0 N–H and O–H groups in total. The summed E-state index contributed by atoms with van der Waals surface area (Å²) in [4.78, 5) is 2.21. The van der Waals surface area contributed by atoms with Crippen molar-refractivity contribution in [3.8, 4) is 11.5 Å². The molecule has 0 unspecified atom stereocenters. The zero-order valence-corrected chi connectivity index (χ0v) is 15.3. The molecule has 1 heterocycles. The van der Waals surface area contributed by atoms with Gasteiger partial charge in [-0.3, -0.25) is 0 Å². The number of rotatable bonds is 14. The van der Waals surface area contributed by atoms with Gasteiger partial charge in [-0.15, -0.1) is 11.3 Å². The summed E-state index contributed by atoms with van der Waals surface area (Å²) in [7, 11) is 3.31. The SMILES string of the molecule is COCCOCCOc1c(C)sc(C)c1OCCOCCOC. The van der Waals surface area contributed by atoms with Gasteiger partial charge in [0.15, 0.2) is 11.5 Å². The molecule has 23 heavy (non-hydrogen) atoms. The van der Waals surface area contributed by atoms with Crippen LogP contribution in [0.5, 0.6) is 11.5 Å². The van der Waals surface area contributed by atoms with Crippen LogP contribution in [0.2, 0.25) is 0 Å². The third-order valence-electron chi connectivity index (χ3n) is 2.96. The highest BCUT2D eigenvalue weighted by atomic mass is 32.1. The summed E-state index contributed by atoms with van der Waals surface area (Å²) in [6.07, 6.45) is 0. The van der Waals surface area contributed by atoms with E-state index in [0.717, 1.165) is 21.3 Å². The van der Waals surface area contributed by atoms with Crippen molar-refractivity contribution >= 4 is 11.3 Å². The average molecular weight is 348 g/mol. The highest BCUT2D eigenvalue weighted by Crippen LogP contribution is 2.41. The van der Waals surface area contributed by atoms with E-state index in [1.54, 1.807) is 25.6 Å². The molecule has 1 rings (SSSR count). The number of methoxy groups -OCH3 is 2. The smallest absolute Gasteiger partial charge is 0.175 e. The molecule has 0 aliphatic heterocycles. The minimum absolute atomic E-state index is 0.488. The maximum Gasteiger partial charge on any atom is 0.175 e. The van der Waals surface area contributed by atoms with Crippen LogP contribution in [0.4, 0.5) is 0 Å². The van der Waals surface area contributed by atoms with Crippen molar-refractivity contribution in [3.63, 3.8) is 0 Å². The molecule has 0 saturated carbocycles. The van der Waals surface area contributed by atoms with Gasteiger partial charge in [-0.25, -0.2) is 0 Å². The van der Waals surface area contributed by atoms with Gasteiger partial charge in [-0.1, -0.05) is 0 Å². The Hall–Kier alpha value is -0.860. The first-order chi connectivity index (χ1) is 11.2. The largest absolute Gasteiger partial charge is 0.486 e. The van der Waals surface area contributed by atoms with Gasteiger partial charge in [0, 0.05) is 24.0 Å². The van der Waals surface area contributed by atoms with Gasteiger partial charge < -0.3 is 28.4 Å². The molecular weight excluding hydrogens is 320 g/mol. The Balaban J connectivity index is 2.34. The molecule has 0 aromatic carbocycles. The van der Waals surface area contributed by atoms with Gasteiger partial charge in [-0.05, 0) is 13.8 Å². The average Bonchev–Trinajstić information content (AvgIpc) is 2.80. The van der Waals surface area contributed by atoms with Crippen LogP contribution in [0, 0.1) is 13.8 Å². The fraction of sp³-hybridized carbons (Fsp3) is 0.750. The minimum Gasteiger partial charge on any atom is -0.486 e. The van der Waals surface area contributed by atoms with Gasteiger partial charge in [0.2, 0.25) is 0 Å². The Kier molecular flexibility index (Phi) is 11.0. The summed E-state index contributed by atoms with van der Waals surface area (Å²) in [5.74, 6) is 1.61. The first kappa shape index (κ1) is 20.2. The van der Waals surface area contributed by atoms with E-state index >= 15 is 0 Å². The highest BCUT2D eigenvalue weighted by molar-refractivity contribution is 7.12. The van der Waals surface area contributed by atoms with E-state index in [0.29, 0.717) is 52.9 Å². The van der Waals surface area contributed by atoms with Gasteiger partial charge >= 0.3 is 0 Å². The summed E-state index contributed by atoms with van der Waals surface area (Å²) in [6.45, 7) is 8.41. The Bertz CT molecular complexity index is 384. The van der Waals surface area contributed by atoms with E-state index in [1.165, 1.54) is 0 Å². The number of thiophene rings is 1. The van der Waals surface area contributed by atoms with E-state index in [2.05, 4.69) is 0 Å². The lowest BCUT2D eigenvalue weighted by atomic mass is 10.4. The van der Waals surface area contributed by atoms with Crippen LogP contribution in [0.25, 0.3) is 0 Å². The second-order valence-electron chi connectivity index (χ2n) is 4.78. The Morgan fingerprint density at radius 2 is 1.00 bits per heavy atom. The van der Waals surface area contributed by atoms with Crippen LogP contribution in [0.3, 0.4) is 0 Å². The zero-order chi connectivity index (χ0) is 16.9. The molecule has 0 amide bonds. The second kappa shape index (κ2) is 12.5. The van der Waals surface area contributed by atoms with Gasteiger partial charge in [-0.2, -0.15) is 0 Å². The van der Waals surface area contributed by atoms with Crippen molar-refractivity contribution in [3.05, 3.63) is 9.75 Å². The Morgan fingerprint density at radius 1 is 0.609 bits per heavy atom. The lowest BCUT2D eigenvalue weighted by Gasteiger charge is -2.11. The predicted molar refractivity (Wildman–Crippen MR) is 90.2 cm³/mol. The van der Waals surface area contributed by atoms with E-state index in [4.69, 9.17) is 28.4 Å². The topological polar surface area (TPSA) is 55.4 Å². The quantitative estimate of drug-likeness (QED) is 0.481. The van der Waals surface area contributed by atoms with Crippen molar-refractivity contribution in [2.45, 2.75) is 13.8 Å². The summed E-state index contributed by atoms with van der Waals surface area (Å²) < 4.78 is 32.3. The third kappa shape index (κ3) is 7.99. The van der Waals surface area contributed by atoms with Crippen LogP contribution in [0.15, 0.2) is 0 Å². The molecule has 0 aliphatic rings. The molecular formula is C16H28O6S. The lowest BCUT2D eigenvalue weighted by molar-refractivity contribution is 0.0499. The molecule has 1 aromatic rings. The van der Waals surface area contributed by atoms with E-state index in [-0.39, 0.29) is 0 Å². The zero-order valence-electron chi connectivity index (χ0n) is 14.5. The van der Waals surface area contributed by atoms with E-state index < -0.39 is 0 Å². The Labute approximate surface area is 142 Å². The van der Waals surface area contributed by atoms with Crippen LogP contribution >= 0.6 is 11.3 Å². The molecule has 0 aliphatic carbocycles. The summed E-state index contributed by atoms with van der Waals surface area (Å²) in [6, 6.07) is 0.